The second-order valence-electron chi connectivity index (χ2n) is 31.8. The first kappa shape index (κ1) is 94.6. The van der Waals surface area contributed by atoms with E-state index in [2.05, 4.69) is 47.4 Å². The van der Waals surface area contributed by atoms with Crippen LogP contribution in [0.5, 0.6) is 0 Å². The van der Waals surface area contributed by atoms with Gasteiger partial charge in [-0.15, -0.1) is 0 Å². The lowest BCUT2D eigenvalue weighted by atomic mass is 10.0. The van der Waals surface area contributed by atoms with E-state index in [0.717, 1.165) is 155 Å². The number of halogens is 14. The van der Waals surface area contributed by atoms with Gasteiger partial charge in [-0.05, 0) is 189 Å². The van der Waals surface area contributed by atoms with Gasteiger partial charge in [0.15, 0.2) is 29.5 Å². The molecule has 14 rings (SSSR count). The molecule has 0 bridgehead atoms. The second-order valence-corrected chi connectivity index (χ2v) is 41.4. The molecular weight excluding hydrogens is 1730 g/mol. The number of carbonyl (C=O) groups is 2. The van der Waals surface area contributed by atoms with Gasteiger partial charge in [-0.1, -0.05) is 15.9 Å². The van der Waals surface area contributed by atoms with Crippen molar-refractivity contribution in [2.24, 2.45) is 11.8 Å². The van der Waals surface area contributed by atoms with Crippen molar-refractivity contribution in [3.8, 4) is 0 Å². The molecule has 5 N–H and O–H groups in total. The maximum atomic E-state index is 12.8. The fourth-order valence-electron chi connectivity index (χ4n) is 13.5. The molecule has 10 aliphatic rings. The van der Waals surface area contributed by atoms with Crippen LogP contribution in [0.15, 0.2) is 117 Å². The second kappa shape index (κ2) is 37.2. The number of rotatable bonds is 10. The van der Waals surface area contributed by atoms with Gasteiger partial charge in [0.1, 0.15) is 50.2 Å². The molecule has 116 heavy (non-hydrogen) atoms. The van der Waals surface area contributed by atoms with Gasteiger partial charge in [-0.3, -0.25) is 21.3 Å². The molecule has 2 aliphatic carbocycles. The smallest absolute Gasteiger partial charge is 0.416 e. The van der Waals surface area contributed by atoms with Gasteiger partial charge in [-0.2, -0.15) is 52.7 Å². The number of amides is 2. The van der Waals surface area contributed by atoms with E-state index in [1.54, 1.807) is 30.6 Å². The molecule has 652 valence electrons. The lowest BCUT2D eigenvalue weighted by Gasteiger charge is -2.39. The highest BCUT2D eigenvalue weighted by Crippen LogP contribution is 2.40. The molecule has 2 amide bonds. The molecule has 10 fully saturated rings. The molecule has 0 radical (unpaired) electrons. The third kappa shape index (κ3) is 26.4. The van der Waals surface area contributed by atoms with Crippen molar-refractivity contribution in [3.05, 3.63) is 119 Å². The van der Waals surface area contributed by atoms with E-state index >= 15 is 0 Å². The summed E-state index contributed by atoms with van der Waals surface area (Å²) in [6, 6.07) is 13.5. The third-order valence-corrected chi connectivity index (χ3v) is 28.6. The van der Waals surface area contributed by atoms with Crippen LogP contribution in [0.2, 0.25) is 0 Å². The Morgan fingerprint density at radius 1 is 0.431 bits per heavy atom. The highest BCUT2D eigenvalue weighted by molar-refractivity contribution is 9.09. The minimum Gasteiger partial charge on any atom is -0.444 e. The summed E-state index contributed by atoms with van der Waals surface area (Å²) in [5.41, 5.74) is -6.99. The molecule has 24 nitrogen and oxygen atoms in total. The summed E-state index contributed by atoms with van der Waals surface area (Å²) in [5.74, 6) is 1.86. The predicted molar refractivity (Wildman–Crippen MR) is 405 cm³/mol. The van der Waals surface area contributed by atoms with Crippen LogP contribution >= 0.6 is 26.6 Å². The van der Waals surface area contributed by atoms with Crippen LogP contribution in [0.25, 0.3) is 0 Å². The maximum Gasteiger partial charge on any atom is 0.416 e. The Labute approximate surface area is 680 Å². The monoisotopic (exact) mass is 1820 g/mol. The quantitative estimate of drug-likeness (QED) is 0.0560. The van der Waals surface area contributed by atoms with Crippen molar-refractivity contribution in [2.45, 2.75) is 213 Å². The number of likely N-dealkylation sites (tertiary alicyclic amines) is 3. The number of ether oxygens (including phenoxy) is 6. The number of alkyl halides is 13. The highest BCUT2D eigenvalue weighted by atomic mass is 79.9. The molecule has 4 spiro atoms. The Kier molecular flexibility index (Phi) is 30.4. The van der Waals surface area contributed by atoms with Crippen LogP contribution in [-0.2, 0) is 91.7 Å². The number of nitrogens with zero attached hydrogens (tertiary/aromatic N) is 3. The van der Waals surface area contributed by atoms with Gasteiger partial charge in [0, 0.05) is 120 Å². The molecule has 4 aromatic rings. The van der Waals surface area contributed by atoms with Crippen molar-refractivity contribution in [2.75, 3.05) is 97.2 Å². The summed E-state index contributed by atoms with van der Waals surface area (Å²) in [4.78, 5) is 28.9. The van der Waals surface area contributed by atoms with Crippen molar-refractivity contribution in [3.63, 3.8) is 0 Å². The fraction of sp³-hybridized carbons (Fsp3) is 0.649. The number of hydrogen-bond acceptors (Lipinski definition) is 22. The van der Waals surface area contributed by atoms with Crippen molar-refractivity contribution >= 4 is 77.4 Å². The molecule has 8 heterocycles. The predicted octanol–water partition coefficient (Wildman–Crippen LogP) is 13.0. The lowest BCUT2D eigenvalue weighted by molar-refractivity contribution is -0.138. The summed E-state index contributed by atoms with van der Waals surface area (Å²) in [6.45, 7) is 18.8. The van der Waals surface area contributed by atoms with Gasteiger partial charge < -0.3 is 48.4 Å². The standard InChI is InChI=1S/C19H25F3N2O5S.C18H23F3N2O3S.C14H17F3N2O3S.C12H22N2O3.C7H4ClF3O2S.C4H7Br/c1-17(2,3)29-16(25)24-10-8-18(9-11-24)23-15(12-28-18)30(26,27)14-6-4-13(5-7-14)19(20,21)22;19-18(20,21)14-3-5-15(6-4-14)27(24,25)16-12-26-17(22-16)7-9-23(10-8-17)11-13-1-2-13;15-14(16,17)10-1-3-11(4-2-10)23(20,21)12-9-22-13(19-12)5-7-18-8-6-13;1-11(2,3)17-10(15)14-7-4-12(5-8-14)13-6-9-16-12;8-14(12,13)6-3-1-5(2-4-6)7(9,10)11;5-3-4-1-2-4/h4-7,15,23H,8-12H2,1-3H3;3-6,13,16,22H,1-2,7-12H2;1-4,12,18-19H,5-9H2;13H,4-9H2,1-3H3;1-4H;4H,1-3H2. The van der Waals surface area contributed by atoms with E-state index in [9.17, 15) is 95.9 Å². The Hall–Kier alpha value is -5.25. The zero-order chi connectivity index (χ0) is 85.6. The van der Waals surface area contributed by atoms with E-state index in [0.29, 0.717) is 76.8 Å². The molecular formula is C74H98BrClF12N8O16S4. The first-order valence-corrected chi connectivity index (χ1v) is 45.7. The highest BCUT2D eigenvalue weighted by Gasteiger charge is 2.51. The summed E-state index contributed by atoms with van der Waals surface area (Å²) >= 11 is 3.38. The average molecular weight is 1830 g/mol. The van der Waals surface area contributed by atoms with Gasteiger partial charge >= 0.3 is 36.9 Å². The minimum absolute atomic E-state index is 0.00593. The van der Waals surface area contributed by atoms with Gasteiger partial charge in [0.25, 0.3) is 9.05 Å². The normalized spacial score (nSPS) is 23.0. The van der Waals surface area contributed by atoms with Crippen LogP contribution in [0.4, 0.5) is 62.3 Å². The van der Waals surface area contributed by atoms with Crippen LogP contribution in [-0.4, -0.2) is 208 Å². The largest absolute Gasteiger partial charge is 0.444 e. The molecule has 0 aromatic heterocycles. The Bertz CT molecular complexity index is 4410. The van der Waals surface area contributed by atoms with Crippen molar-refractivity contribution in [1.82, 2.24) is 41.3 Å². The molecule has 8 aliphatic heterocycles. The summed E-state index contributed by atoms with van der Waals surface area (Å²) in [5, 5.41) is 13.9. The van der Waals surface area contributed by atoms with Gasteiger partial charge in [-0.25, -0.2) is 43.3 Å². The van der Waals surface area contributed by atoms with E-state index in [-0.39, 0.29) is 51.2 Å². The van der Waals surface area contributed by atoms with E-state index in [1.807, 2.05) is 20.8 Å². The first-order valence-electron chi connectivity index (χ1n) is 37.6. The van der Waals surface area contributed by atoms with Gasteiger partial charge in [0.2, 0.25) is 0 Å². The minimum atomic E-state index is -4.54. The fourth-order valence-corrected chi connectivity index (χ4v) is 19.3. The number of carbonyl (C=O) groups excluding carboxylic acids is 2. The van der Waals surface area contributed by atoms with Crippen LogP contribution in [0.1, 0.15) is 141 Å². The van der Waals surface area contributed by atoms with Crippen LogP contribution in [0.3, 0.4) is 0 Å². The Balaban J connectivity index is 0.000000166. The number of nitrogens with one attached hydrogen (secondary N) is 5. The molecule has 2 saturated carbocycles. The molecule has 8 saturated heterocycles. The average Bonchev–Trinajstić information content (AvgIpc) is 1.61. The zero-order valence-corrected chi connectivity index (χ0v) is 70.1. The third-order valence-electron chi connectivity index (χ3n) is 20.5. The Morgan fingerprint density at radius 2 is 0.724 bits per heavy atom. The van der Waals surface area contributed by atoms with E-state index in [1.165, 1.54) is 31.0 Å². The van der Waals surface area contributed by atoms with E-state index in [4.69, 9.17) is 39.1 Å². The lowest BCUT2D eigenvalue weighted by Crippen LogP contribution is -2.55. The Morgan fingerprint density at radius 3 is 0.983 bits per heavy atom. The molecule has 3 atom stereocenters. The number of sulfone groups is 3. The van der Waals surface area contributed by atoms with Crippen molar-refractivity contribution in [1.29, 1.82) is 0 Å². The SMILES string of the molecule is BrCC1CC1.CC(C)(C)OC(=O)N1CCC2(CC1)NC(S(=O)(=O)c1ccc(C(F)(F)F)cc1)CO2.CC(C)(C)OC(=O)N1CCC2(CC1)NCCO2.O=S(=O)(Cl)c1ccc(C(F)(F)F)cc1.O=S(=O)(c1ccc(C(F)(F)F)cc1)C1COC2(CCN(CC3CC3)CC2)N1.O=S(=O)(c1ccc(C(F)(F)F)cc1)C1COC2(CCNCC2)N1. The maximum absolute atomic E-state index is 12.8. The summed E-state index contributed by atoms with van der Waals surface area (Å²) < 4.78 is 282. The van der Waals surface area contributed by atoms with Crippen LogP contribution < -0.4 is 26.6 Å². The summed E-state index contributed by atoms with van der Waals surface area (Å²) in [6.07, 6.45) is -8.02. The van der Waals surface area contributed by atoms with Gasteiger partial charge in [0.05, 0.1) is 68.3 Å². The zero-order valence-electron chi connectivity index (χ0n) is 64.5. The number of benzene rings is 4. The topological polar surface area (TPSA) is 296 Å². The van der Waals surface area contributed by atoms with Crippen molar-refractivity contribution < 1.29 is 124 Å². The molecule has 42 heteroatoms. The molecule has 3 unspecified atom stereocenters. The number of piperidine rings is 4. The summed E-state index contributed by atoms with van der Waals surface area (Å²) in [7, 11) is -10.6. The number of hydrogen-bond donors (Lipinski definition) is 5. The van der Waals surface area contributed by atoms with Crippen LogP contribution in [0, 0.1) is 11.8 Å². The van der Waals surface area contributed by atoms with E-state index < -0.39 is 136 Å². The molecule has 4 aromatic carbocycles. The first-order chi connectivity index (χ1) is 53.7.